The van der Waals surface area contributed by atoms with Crippen LogP contribution in [0.3, 0.4) is 0 Å². The van der Waals surface area contributed by atoms with Crippen molar-refractivity contribution < 1.29 is 31.1 Å². The van der Waals surface area contributed by atoms with Crippen LogP contribution in [0.25, 0.3) is 16.7 Å². The Balaban J connectivity index is 1.43. The second kappa shape index (κ2) is 12.1. The Morgan fingerprint density at radius 3 is 2.11 bits per heavy atom. The number of allylic oxidation sites excluding steroid dienone is 2. The fourth-order valence-electron chi connectivity index (χ4n) is 4.82. The van der Waals surface area contributed by atoms with Crippen LogP contribution < -0.4 is 4.74 Å². The minimum atomic E-state index is -1.29. The first kappa shape index (κ1) is 27.8. The highest BCUT2D eigenvalue weighted by Gasteiger charge is 2.23. The molecule has 1 aliphatic rings. The predicted octanol–water partition coefficient (Wildman–Crippen LogP) is 9.49. The van der Waals surface area contributed by atoms with Crippen LogP contribution >= 0.6 is 0 Å². The van der Waals surface area contributed by atoms with Gasteiger partial charge in [-0.15, -0.1) is 0 Å². The largest absolute Gasteiger partial charge is 0.490 e. The van der Waals surface area contributed by atoms with Gasteiger partial charge in [-0.05, 0) is 80.2 Å². The van der Waals surface area contributed by atoms with E-state index in [-0.39, 0.29) is 52.5 Å². The van der Waals surface area contributed by atoms with Crippen molar-refractivity contribution in [2.75, 3.05) is 6.61 Å². The van der Waals surface area contributed by atoms with Gasteiger partial charge in [-0.3, -0.25) is 0 Å². The normalized spacial score (nSPS) is 15.5. The molecule has 0 fully saturated rings. The number of hydrogen-bond acceptors (Lipinski definition) is 1. The van der Waals surface area contributed by atoms with E-state index in [0.717, 1.165) is 12.0 Å². The van der Waals surface area contributed by atoms with Crippen LogP contribution in [-0.4, -0.2) is 6.61 Å². The fraction of sp³-hybridized carbons (Fsp3) is 0.355. The summed E-state index contributed by atoms with van der Waals surface area (Å²) in [5.41, 5.74) is 0.670. The highest BCUT2D eigenvalue weighted by Crippen LogP contribution is 2.36. The molecule has 202 valence electrons. The minimum Gasteiger partial charge on any atom is -0.490 e. The molecule has 1 nitrogen and oxygen atoms in total. The van der Waals surface area contributed by atoms with Gasteiger partial charge in [0.05, 0.1) is 6.61 Å². The minimum absolute atomic E-state index is 0.146. The van der Waals surface area contributed by atoms with E-state index in [0.29, 0.717) is 32.1 Å². The smallest absolute Gasteiger partial charge is 0.201 e. The summed E-state index contributed by atoms with van der Waals surface area (Å²) < 4.78 is 92.5. The molecular formula is C31H30F6O. The molecule has 1 aliphatic carbocycles. The lowest BCUT2D eigenvalue weighted by Crippen LogP contribution is -2.09. The molecule has 0 spiro atoms. The maximum absolute atomic E-state index is 14.9. The second-order valence-corrected chi connectivity index (χ2v) is 9.81. The highest BCUT2D eigenvalue weighted by molar-refractivity contribution is 5.68. The number of ether oxygens (including phenoxy) is 1. The Bertz CT molecular complexity index is 1350. The van der Waals surface area contributed by atoms with Gasteiger partial charge in [0.1, 0.15) is 0 Å². The lowest BCUT2D eigenvalue weighted by molar-refractivity contribution is 0.289. The SMILES string of the molecule is CCCCOc1ccc(-c2ccc(CCC3CC=C(c4ccc(C)c(F)c4F)CC3)c(F)c2F)c(F)c1F. The molecule has 1 atom stereocenters. The first-order valence-corrected chi connectivity index (χ1v) is 12.9. The van der Waals surface area contributed by atoms with E-state index >= 15 is 0 Å². The Labute approximate surface area is 219 Å². The zero-order chi connectivity index (χ0) is 27.4. The number of hydrogen-bond donors (Lipinski definition) is 0. The molecule has 7 heteroatoms. The average molecular weight is 533 g/mol. The third-order valence-electron chi connectivity index (χ3n) is 7.22. The highest BCUT2D eigenvalue weighted by atomic mass is 19.2. The van der Waals surface area contributed by atoms with Crippen molar-refractivity contribution >= 4 is 5.57 Å². The molecule has 1 unspecified atom stereocenters. The molecule has 0 aliphatic heterocycles. The first-order chi connectivity index (χ1) is 18.2. The molecule has 0 amide bonds. The van der Waals surface area contributed by atoms with Crippen molar-refractivity contribution in [1.82, 2.24) is 0 Å². The first-order valence-electron chi connectivity index (χ1n) is 12.9. The van der Waals surface area contributed by atoms with E-state index in [1.807, 2.05) is 13.0 Å². The lowest BCUT2D eigenvalue weighted by atomic mass is 9.83. The number of rotatable bonds is 9. The molecule has 0 heterocycles. The van der Waals surface area contributed by atoms with Crippen molar-refractivity contribution in [3.8, 4) is 16.9 Å². The van der Waals surface area contributed by atoms with Crippen LogP contribution in [0.15, 0.2) is 42.5 Å². The summed E-state index contributed by atoms with van der Waals surface area (Å²) in [5.74, 6) is -6.63. The molecule has 38 heavy (non-hydrogen) atoms. The van der Waals surface area contributed by atoms with Crippen LogP contribution in [0.4, 0.5) is 26.3 Å². The summed E-state index contributed by atoms with van der Waals surface area (Å²) in [6.45, 7) is 3.67. The molecule has 0 aromatic heterocycles. The van der Waals surface area contributed by atoms with Crippen molar-refractivity contribution in [2.45, 2.75) is 58.8 Å². The Morgan fingerprint density at radius 1 is 0.763 bits per heavy atom. The summed E-state index contributed by atoms with van der Waals surface area (Å²) in [7, 11) is 0. The Kier molecular flexibility index (Phi) is 8.85. The fourth-order valence-corrected chi connectivity index (χ4v) is 4.82. The summed E-state index contributed by atoms with van der Waals surface area (Å²) in [4.78, 5) is 0. The predicted molar refractivity (Wildman–Crippen MR) is 137 cm³/mol. The number of halogens is 6. The van der Waals surface area contributed by atoms with Crippen molar-refractivity contribution in [3.63, 3.8) is 0 Å². The van der Waals surface area contributed by atoms with Crippen LogP contribution in [0.2, 0.25) is 0 Å². The van der Waals surface area contributed by atoms with Crippen LogP contribution in [-0.2, 0) is 6.42 Å². The monoisotopic (exact) mass is 532 g/mol. The molecule has 3 aromatic carbocycles. The maximum atomic E-state index is 14.9. The third-order valence-corrected chi connectivity index (χ3v) is 7.22. The molecule has 0 N–H and O–H groups in total. The summed E-state index contributed by atoms with van der Waals surface area (Å²) in [6, 6.07) is 8.20. The Morgan fingerprint density at radius 2 is 1.42 bits per heavy atom. The van der Waals surface area contributed by atoms with Gasteiger partial charge in [-0.1, -0.05) is 43.7 Å². The van der Waals surface area contributed by atoms with Crippen LogP contribution in [0.5, 0.6) is 5.75 Å². The van der Waals surface area contributed by atoms with E-state index < -0.39 is 34.9 Å². The molecule has 0 bridgehead atoms. The van der Waals surface area contributed by atoms with Crippen molar-refractivity contribution in [3.05, 3.63) is 94.1 Å². The Hall–Kier alpha value is -3.22. The van der Waals surface area contributed by atoms with Gasteiger partial charge in [0, 0.05) is 16.7 Å². The zero-order valence-electron chi connectivity index (χ0n) is 21.5. The standard InChI is InChI=1S/C31H30F6O/c1-3-4-17-38-25-16-15-24(30(36)31(25)37)23-14-12-21(27(33)29(23)35)11-8-19-6-9-20(10-7-19)22-13-5-18(2)26(32)28(22)34/h5,9,12-16,19H,3-4,6-8,10-11,17H2,1-2H3. The number of unbranched alkanes of at least 4 members (excludes halogenated alkanes) is 1. The zero-order valence-corrected chi connectivity index (χ0v) is 21.5. The third kappa shape index (κ3) is 5.77. The van der Waals surface area contributed by atoms with Gasteiger partial charge in [-0.2, -0.15) is 4.39 Å². The van der Waals surface area contributed by atoms with Gasteiger partial charge in [-0.25, -0.2) is 22.0 Å². The number of benzene rings is 3. The molecule has 4 rings (SSSR count). The quantitative estimate of drug-likeness (QED) is 0.197. The second-order valence-electron chi connectivity index (χ2n) is 9.81. The molecular weight excluding hydrogens is 502 g/mol. The number of aryl methyl sites for hydroxylation is 2. The van der Waals surface area contributed by atoms with E-state index in [1.165, 1.54) is 31.2 Å². The van der Waals surface area contributed by atoms with Gasteiger partial charge >= 0.3 is 0 Å². The maximum Gasteiger partial charge on any atom is 0.201 e. The van der Waals surface area contributed by atoms with Gasteiger partial charge in [0.15, 0.2) is 34.8 Å². The van der Waals surface area contributed by atoms with E-state index in [1.54, 1.807) is 12.1 Å². The van der Waals surface area contributed by atoms with Crippen LogP contribution in [0, 0.1) is 47.7 Å². The summed E-state index contributed by atoms with van der Waals surface area (Å²) in [6.07, 6.45) is 6.09. The van der Waals surface area contributed by atoms with E-state index in [2.05, 4.69) is 0 Å². The molecule has 0 radical (unpaired) electrons. The van der Waals surface area contributed by atoms with E-state index in [9.17, 15) is 26.3 Å². The summed E-state index contributed by atoms with van der Waals surface area (Å²) >= 11 is 0. The van der Waals surface area contributed by atoms with Crippen LogP contribution in [0.1, 0.15) is 62.1 Å². The van der Waals surface area contributed by atoms with Crippen molar-refractivity contribution in [2.24, 2.45) is 5.92 Å². The van der Waals surface area contributed by atoms with Gasteiger partial charge in [0.25, 0.3) is 0 Å². The topological polar surface area (TPSA) is 9.23 Å². The molecule has 0 saturated carbocycles. The van der Waals surface area contributed by atoms with Crippen molar-refractivity contribution in [1.29, 1.82) is 0 Å². The van der Waals surface area contributed by atoms with Gasteiger partial charge in [0.2, 0.25) is 5.82 Å². The summed E-state index contributed by atoms with van der Waals surface area (Å²) in [5, 5.41) is 0. The average Bonchev–Trinajstić information content (AvgIpc) is 2.92. The van der Waals surface area contributed by atoms with Gasteiger partial charge < -0.3 is 4.74 Å². The van der Waals surface area contributed by atoms with E-state index in [4.69, 9.17) is 4.74 Å². The molecule has 3 aromatic rings. The molecule has 0 saturated heterocycles. The lowest BCUT2D eigenvalue weighted by Gasteiger charge is -2.23.